The van der Waals surface area contributed by atoms with Gasteiger partial charge in [-0.1, -0.05) is 18.2 Å². The molecule has 2 aromatic rings. The minimum absolute atomic E-state index is 0.0967. The molecule has 44 heavy (non-hydrogen) atoms. The van der Waals surface area contributed by atoms with Gasteiger partial charge in [0.05, 0.1) is 7.11 Å². The van der Waals surface area contributed by atoms with E-state index in [0.29, 0.717) is 30.5 Å². The molecule has 1 fully saturated rings. The Hall–Kier alpha value is -3.81. The van der Waals surface area contributed by atoms with E-state index in [-0.39, 0.29) is 18.0 Å². The van der Waals surface area contributed by atoms with Crippen molar-refractivity contribution >= 4 is 17.7 Å². The molecule has 1 aromatic carbocycles. The van der Waals surface area contributed by atoms with Crippen molar-refractivity contribution in [1.29, 1.82) is 0 Å². The monoisotopic (exact) mass is 604 g/mol. The molecule has 8 nitrogen and oxygen atoms in total. The van der Waals surface area contributed by atoms with Crippen LogP contribution >= 0.6 is 0 Å². The summed E-state index contributed by atoms with van der Waals surface area (Å²) in [5.41, 5.74) is 5.08. The average Bonchev–Trinajstić information content (AvgIpc) is 2.97. The molecule has 1 aromatic heterocycles. The maximum atomic E-state index is 13.7. The van der Waals surface area contributed by atoms with E-state index in [1.54, 1.807) is 7.11 Å². The lowest BCUT2D eigenvalue weighted by Gasteiger charge is -2.39. The number of benzene rings is 1. The van der Waals surface area contributed by atoms with Crippen LogP contribution in [0.1, 0.15) is 99.0 Å². The van der Waals surface area contributed by atoms with Gasteiger partial charge in [-0.05, 0) is 115 Å². The number of allylic oxidation sites excluding steroid dienone is 2. The third-order valence-electron chi connectivity index (χ3n) is 8.03. The SMILES string of the molecule is C=CCCCc1cc(C)nc(OC)c1CNC(=O)c1cccc(N(CC)C2CCC(NC(=O)OC(C)(C)C)CC2)c1CC=C. The Kier molecular flexibility index (Phi) is 12.9. The average molecular weight is 605 g/mol. The first-order valence-corrected chi connectivity index (χ1v) is 15.9. The number of nitrogens with zero attached hydrogens (tertiary/aromatic N) is 2. The second kappa shape index (κ2) is 16.3. The Balaban J connectivity index is 1.78. The van der Waals surface area contributed by atoms with Gasteiger partial charge < -0.3 is 25.0 Å². The summed E-state index contributed by atoms with van der Waals surface area (Å²) in [7, 11) is 1.62. The summed E-state index contributed by atoms with van der Waals surface area (Å²) in [5.74, 6) is 0.414. The Labute approximate surface area is 264 Å². The zero-order valence-electron chi connectivity index (χ0n) is 27.6. The molecule has 0 unspecified atom stereocenters. The van der Waals surface area contributed by atoms with Crippen LogP contribution in [0.15, 0.2) is 49.6 Å². The van der Waals surface area contributed by atoms with E-state index < -0.39 is 5.60 Å². The zero-order valence-corrected chi connectivity index (χ0v) is 27.6. The number of rotatable bonds is 14. The summed E-state index contributed by atoms with van der Waals surface area (Å²) in [5, 5.41) is 6.20. The number of aromatic nitrogens is 1. The van der Waals surface area contributed by atoms with Crippen molar-refractivity contribution in [2.45, 2.75) is 110 Å². The van der Waals surface area contributed by atoms with E-state index in [2.05, 4.69) is 52.7 Å². The largest absolute Gasteiger partial charge is 0.481 e. The number of nitrogens with one attached hydrogen (secondary N) is 2. The van der Waals surface area contributed by atoms with Gasteiger partial charge in [-0.25, -0.2) is 9.78 Å². The molecule has 2 N–H and O–H groups in total. The smallest absolute Gasteiger partial charge is 0.407 e. The van der Waals surface area contributed by atoms with Gasteiger partial charge in [0.2, 0.25) is 5.88 Å². The number of ether oxygens (including phenoxy) is 2. The topological polar surface area (TPSA) is 92.8 Å². The number of methoxy groups -OCH3 is 1. The number of anilines is 1. The van der Waals surface area contributed by atoms with Gasteiger partial charge >= 0.3 is 6.09 Å². The number of unbranched alkanes of at least 4 members (excludes halogenated alkanes) is 1. The highest BCUT2D eigenvalue weighted by Gasteiger charge is 2.29. The molecule has 240 valence electrons. The molecule has 1 saturated carbocycles. The summed E-state index contributed by atoms with van der Waals surface area (Å²) >= 11 is 0. The van der Waals surface area contributed by atoms with Gasteiger partial charge in [0.15, 0.2) is 0 Å². The molecule has 0 saturated heterocycles. The third kappa shape index (κ3) is 9.60. The molecule has 0 aliphatic heterocycles. The van der Waals surface area contributed by atoms with Crippen LogP contribution < -0.4 is 20.3 Å². The van der Waals surface area contributed by atoms with Crippen LogP contribution in [-0.4, -0.2) is 48.3 Å². The van der Waals surface area contributed by atoms with E-state index in [1.807, 2.05) is 52.0 Å². The first-order chi connectivity index (χ1) is 21.0. The maximum Gasteiger partial charge on any atom is 0.407 e. The lowest BCUT2D eigenvalue weighted by molar-refractivity contribution is 0.0491. The molecule has 3 rings (SSSR count). The molecule has 0 bridgehead atoms. The number of hydrogen-bond acceptors (Lipinski definition) is 6. The summed E-state index contributed by atoms with van der Waals surface area (Å²) in [6.07, 6.45) is 10.4. The Morgan fingerprint density at radius 1 is 1.11 bits per heavy atom. The Morgan fingerprint density at radius 2 is 1.84 bits per heavy atom. The van der Waals surface area contributed by atoms with Gasteiger partial charge in [-0.15, -0.1) is 13.2 Å². The van der Waals surface area contributed by atoms with Crippen molar-refractivity contribution in [3.8, 4) is 5.88 Å². The van der Waals surface area contributed by atoms with E-state index in [0.717, 1.165) is 79.6 Å². The quantitative estimate of drug-likeness (QED) is 0.175. The molecular formula is C36H52N4O4. The van der Waals surface area contributed by atoms with Crippen LogP contribution in [0.3, 0.4) is 0 Å². The van der Waals surface area contributed by atoms with E-state index in [4.69, 9.17) is 9.47 Å². The molecule has 8 heteroatoms. The predicted octanol–water partition coefficient (Wildman–Crippen LogP) is 7.23. The number of amides is 2. The number of carbonyl (C=O) groups excluding carboxylic acids is 2. The standard InChI is InChI=1S/C36H52N4O4/c1-9-12-13-16-26-23-25(4)38-34(43-8)31(26)24-37-33(41)30-17-14-18-32(29(30)15-10-2)40(11-3)28-21-19-27(20-22-28)39-35(42)44-36(5,6)7/h9-10,14,17-18,23,27-28H,1-2,11-13,15-16,19-22,24H2,3-8H3,(H,37,41)(H,39,42). The Morgan fingerprint density at radius 3 is 2.45 bits per heavy atom. The van der Waals surface area contributed by atoms with Gasteiger partial charge in [-0.3, -0.25) is 4.79 Å². The fourth-order valence-corrected chi connectivity index (χ4v) is 6.06. The summed E-state index contributed by atoms with van der Waals surface area (Å²) < 4.78 is 11.1. The third-order valence-corrected chi connectivity index (χ3v) is 8.03. The second-order valence-electron chi connectivity index (χ2n) is 12.5. The van der Waals surface area contributed by atoms with Gasteiger partial charge in [0.1, 0.15) is 5.60 Å². The highest BCUT2D eigenvalue weighted by molar-refractivity contribution is 5.97. The lowest BCUT2D eigenvalue weighted by Crippen LogP contribution is -2.45. The fourth-order valence-electron chi connectivity index (χ4n) is 6.06. The lowest BCUT2D eigenvalue weighted by atomic mass is 9.89. The molecule has 1 aliphatic carbocycles. The second-order valence-corrected chi connectivity index (χ2v) is 12.5. The molecular weight excluding hydrogens is 552 g/mol. The zero-order chi connectivity index (χ0) is 32.3. The first kappa shape index (κ1) is 34.7. The van der Waals surface area contributed by atoms with Crippen molar-refractivity contribution in [2.75, 3.05) is 18.6 Å². The molecule has 0 spiro atoms. The fraction of sp³-hybridized carbons (Fsp3) is 0.528. The Bertz CT molecular complexity index is 1290. The van der Waals surface area contributed by atoms with E-state index in [9.17, 15) is 9.59 Å². The van der Waals surface area contributed by atoms with Crippen LogP contribution in [0.5, 0.6) is 5.88 Å². The molecule has 0 atom stereocenters. The minimum Gasteiger partial charge on any atom is -0.481 e. The predicted molar refractivity (Wildman–Crippen MR) is 179 cm³/mol. The van der Waals surface area contributed by atoms with Gasteiger partial charge in [-0.2, -0.15) is 0 Å². The van der Waals surface area contributed by atoms with Crippen LogP contribution in [-0.2, 0) is 24.1 Å². The first-order valence-electron chi connectivity index (χ1n) is 15.9. The number of carbonyl (C=O) groups is 2. The van der Waals surface area contributed by atoms with Gasteiger partial charge in [0, 0.05) is 47.7 Å². The number of aryl methyl sites for hydroxylation is 2. The highest BCUT2D eigenvalue weighted by atomic mass is 16.6. The van der Waals surface area contributed by atoms with Gasteiger partial charge in [0.25, 0.3) is 5.91 Å². The van der Waals surface area contributed by atoms with Crippen molar-refractivity contribution in [1.82, 2.24) is 15.6 Å². The summed E-state index contributed by atoms with van der Waals surface area (Å²) in [6, 6.07) is 8.44. The molecule has 2 amide bonds. The minimum atomic E-state index is -0.518. The number of pyridine rings is 1. The molecule has 0 radical (unpaired) electrons. The van der Waals surface area contributed by atoms with E-state index in [1.165, 1.54) is 0 Å². The summed E-state index contributed by atoms with van der Waals surface area (Å²) in [4.78, 5) is 33.0. The highest BCUT2D eigenvalue weighted by Crippen LogP contribution is 2.32. The normalized spacial score (nSPS) is 16.5. The van der Waals surface area contributed by atoms with Crippen molar-refractivity contribution < 1.29 is 19.1 Å². The van der Waals surface area contributed by atoms with Crippen molar-refractivity contribution in [3.05, 3.63) is 77.5 Å². The van der Waals surface area contributed by atoms with Crippen LogP contribution in [0, 0.1) is 6.92 Å². The van der Waals surface area contributed by atoms with Crippen LogP contribution in [0.25, 0.3) is 0 Å². The van der Waals surface area contributed by atoms with Crippen LogP contribution in [0.2, 0.25) is 0 Å². The maximum absolute atomic E-state index is 13.7. The van der Waals surface area contributed by atoms with Crippen LogP contribution in [0.4, 0.5) is 10.5 Å². The van der Waals surface area contributed by atoms with Crippen molar-refractivity contribution in [2.24, 2.45) is 0 Å². The number of alkyl carbamates (subject to hydrolysis) is 1. The molecule has 1 aliphatic rings. The molecule has 1 heterocycles. The van der Waals surface area contributed by atoms with E-state index >= 15 is 0 Å². The van der Waals surface area contributed by atoms with Crippen molar-refractivity contribution in [3.63, 3.8) is 0 Å². The number of hydrogen-bond donors (Lipinski definition) is 2. The summed E-state index contributed by atoms with van der Waals surface area (Å²) in [6.45, 7) is 18.7.